The van der Waals surface area contributed by atoms with E-state index in [1.807, 2.05) is 0 Å². The van der Waals surface area contributed by atoms with Gasteiger partial charge in [0.05, 0.1) is 0 Å². The smallest absolute Gasteiger partial charge is 0.0265 e. The van der Waals surface area contributed by atoms with Gasteiger partial charge < -0.3 is 0 Å². The van der Waals surface area contributed by atoms with Gasteiger partial charge in [0.1, 0.15) is 0 Å². The normalized spacial score (nSPS) is 13.0. The van der Waals surface area contributed by atoms with Crippen LogP contribution in [0.5, 0.6) is 0 Å². The van der Waals surface area contributed by atoms with Crippen LogP contribution in [0, 0.1) is 0 Å². The minimum atomic E-state index is 0.854. The Labute approximate surface area is 252 Å². The van der Waals surface area contributed by atoms with Gasteiger partial charge in [0, 0.05) is 38.8 Å². The molecule has 0 fully saturated rings. The molecule has 0 saturated carbocycles. The fourth-order valence-corrected chi connectivity index (χ4v) is 12.2. The van der Waals surface area contributed by atoms with Crippen LogP contribution in [0.25, 0.3) is 0 Å². The van der Waals surface area contributed by atoms with E-state index in [9.17, 15) is 0 Å². The molecule has 0 radical (unpaired) electrons. The molecule has 0 bridgehead atoms. The van der Waals surface area contributed by atoms with Gasteiger partial charge in [0.2, 0.25) is 0 Å². The third-order valence-electron chi connectivity index (χ3n) is 4.61. The van der Waals surface area contributed by atoms with Crippen molar-refractivity contribution in [3.63, 3.8) is 0 Å². The Kier molecular flexibility index (Phi) is 39.0. The largest absolute Gasteiger partial charge is 0.161 e. The second kappa shape index (κ2) is 34.5. The monoisotopic (exact) mass is 620 g/mol. The fraction of sp³-hybridized carbons (Fsp3) is 1.00. The molecular weight excluding hydrogens is 561 g/mol. The first-order valence-electron chi connectivity index (χ1n) is 14.3. The Bertz CT molecular complexity index is 341. The van der Waals surface area contributed by atoms with E-state index in [0.717, 1.165) is 15.7 Å². The Morgan fingerprint density at radius 3 is 0.943 bits per heavy atom. The molecule has 2 unspecified atom stereocenters. The quantitative estimate of drug-likeness (QED) is 0.0871. The van der Waals surface area contributed by atoms with E-state index in [-0.39, 0.29) is 0 Å². The molecule has 0 aromatic carbocycles. The van der Waals surface area contributed by atoms with Crippen LogP contribution in [-0.2, 0) is 0 Å². The van der Waals surface area contributed by atoms with Crippen molar-refractivity contribution in [3.8, 4) is 0 Å². The van der Waals surface area contributed by atoms with Crippen LogP contribution in [0.15, 0.2) is 0 Å². The maximum absolute atomic E-state index is 2.31. The van der Waals surface area contributed by atoms with Gasteiger partial charge >= 0.3 is 0 Å². The van der Waals surface area contributed by atoms with Crippen molar-refractivity contribution in [1.82, 2.24) is 0 Å². The van der Waals surface area contributed by atoms with E-state index in [0.29, 0.717) is 0 Å². The number of hydrogen-bond donors (Lipinski definition) is 0. The first-order chi connectivity index (χ1) is 17.1. The van der Waals surface area contributed by atoms with Gasteiger partial charge in [-0.15, -0.1) is 0 Å². The van der Waals surface area contributed by atoms with Crippen molar-refractivity contribution in [3.05, 3.63) is 0 Å². The lowest BCUT2D eigenvalue weighted by Crippen LogP contribution is -2.26. The lowest BCUT2D eigenvalue weighted by Gasteiger charge is -2.26. The maximum Gasteiger partial charge on any atom is 0.0265 e. The van der Waals surface area contributed by atoms with Crippen LogP contribution < -0.4 is 0 Å². The topological polar surface area (TPSA) is 0 Å². The van der Waals surface area contributed by atoms with Crippen molar-refractivity contribution in [2.45, 2.75) is 109 Å². The molecule has 0 N–H and O–H groups in total. The van der Waals surface area contributed by atoms with Crippen molar-refractivity contribution in [2.75, 3.05) is 63.3 Å². The van der Waals surface area contributed by atoms with Gasteiger partial charge in [-0.25, -0.2) is 0 Å². The summed E-state index contributed by atoms with van der Waals surface area (Å²) in [4.78, 5) is 0. The van der Waals surface area contributed by atoms with Crippen LogP contribution in [-0.4, -0.2) is 79.0 Å². The molecular formula is C28H60S7. The molecule has 2 atom stereocenters. The SMILES string of the molecule is CCCSCC(CSCCC)SCCC.CCCSCC(SCCC)C(CSCCC)SCCC. The summed E-state index contributed by atoms with van der Waals surface area (Å²) in [5.74, 6) is 14.8. The van der Waals surface area contributed by atoms with E-state index in [4.69, 9.17) is 0 Å². The van der Waals surface area contributed by atoms with Crippen LogP contribution >= 0.6 is 82.3 Å². The van der Waals surface area contributed by atoms with Gasteiger partial charge in [-0.1, -0.05) is 48.5 Å². The third-order valence-corrected chi connectivity index (χ3v) is 15.5. The zero-order chi connectivity index (χ0) is 26.4. The fourth-order valence-electron chi connectivity index (χ4n) is 2.90. The summed E-state index contributed by atoms with van der Waals surface area (Å²) in [7, 11) is 0. The number of rotatable bonds is 26. The van der Waals surface area contributed by atoms with E-state index < -0.39 is 0 Å². The zero-order valence-corrected chi connectivity index (χ0v) is 30.0. The van der Waals surface area contributed by atoms with Crippen LogP contribution in [0.1, 0.15) is 93.4 Å². The standard InChI is InChI=1S/C16H34S4.C12H26S3/c1-5-9-17-13-15(19-11-7-3)16(20-12-8-4)14-18-10-6-2;1-4-7-13-10-12(15-9-6-3)11-14-8-5-2/h15-16H,5-14H2,1-4H3;12H,4-11H2,1-3H3. The van der Waals surface area contributed by atoms with Crippen LogP contribution in [0.3, 0.4) is 0 Å². The summed E-state index contributed by atoms with van der Waals surface area (Å²) in [6.45, 7) is 16.0. The summed E-state index contributed by atoms with van der Waals surface area (Å²) in [5.41, 5.74) is 0. The van der Waals surface area contributed by atoms with Crippen LogP contribution in [0.2, 0.25) is 0 Å². The highest BCUT2D eigenvalue weighted by atomic mass is 32.2. The maximum atomic E-state index is 2.31. The second-order valence-electron chi connectivity index (χ2n) is 8.61. The molecule has 7 heteroatoms. The Hall–Kier alpha value is 2.45. The molecule has 0 heterocycles. The predicted octanol–water partition coefficient (Wildman–Crippen LogP) is 11.1. The Morgan fingerprint density at radius 1 is 0.343 bits per heavy atom. The molecule has 0 aliphatic rings. The molecule has 0 amide bonds. The average Bonchev–Trinajstić information content (AvgIpc) is 2.87. The van der Waals surface area contributed by atoms with Crippen LogP contribution in [0.4, 0.5) is 0 Å². The lowest BCUT2D eigenvalue weighted by molar-refractivity contribution is 0.932. The Morgan fingerprint density at radius 2 is 0.629 bits per heavy atom. The minimum Gasteiger partial charge on any atom is -0.161 e. The molecule has 0 aliphatic heterocycles. The highest BCUT2D eigenvalue weighted by Gasteiger charge is 2.22. The van der Waals surface area contributed by atoms with Crippen molar-refractivity contribution >= 4 is 82.3 Å². The average molecular weight is 621 g/mol. The number of thioether (sulfide) groups is 7. The van der Waals surface area contributed by atoms with Crippen molar-refractivity contribution in [1.29, 1.82) is 0 Å². The molecule has 35 heavy (non-hydrogen) atoms. The summed E-state index contributed by atoms with van der Waals surface area (Å²) in [6, 6.07) is 0. The van der Waals surface area contributed by atoms with Gasteiger partial charge in [0.25, 0.3) is 0 Å². The molecule has 0 aromatic heterocycles. The molecule has 0 aromatic rings. The first-order valence-corrected chi connectivity index (χ1v) is 22.1. The molecule has 214 valence electrons. The summed E-state index contributed by atoms with van der Waals surface area (Å²) < 4.78 is 0. The molecule has 0 aliphatic carbocycles. The van der Waals surface area contributed by atoms with Gasteiger partial charge in [-0.05, 0) is 85.2 Å². The van der Waals surface area contributed by atoms with Gasteiger partial charge in [0.15, 0.2) is 0 Å². The predicted molar refractivity (Wildman–Crippen MR) is 190 cm³/mol. The summed E-state index contributed by atoms with van der Waals surface area (Å²) >= 11 is 15.3. The molecule has 0 rings (SSSR count). The Balaban J connectivity index is 0. The van der Waals surface area contributed by atoms with Gasteiger partial charge in [-0.3, -0.25) is 0 Å². The highest BCUT2D eigenvalue weighted by molar-refractivity contribution is 8.07. The van der Waals surface area contributed by atoms with Crippen molar-refractivity contribution in [2.24, 2.45) is 0 Å². The molecule has 0 nitrogen and oxygen atoms in total. The zero-order valence-electron chi connectivity index (χ0n) is 24.3. The van der Waals surface area contributed by atoms with Gasteiger partial charge in [-0.2, -0.15) is 82.3 Å². The van der Waals surface area contributed by atoms with E-state index >= 15 is 0 Å². The van der Waals surface area contributed by atoms with E-state index in [2.05, 4.69) is 131 Å². The highest BCUT2D eigenvalue weighted by Crippen LogP contribution is 2.31. The second-order valence-corrected chi connectivity index (χ2v) is 17.3. The van der Waals surface area contributed by atoms with E-state index in [1.54, 1.807) is 0 Å². The molecule has 0 saturated heterocycles. The lowest BCUT2D eigenvalue weighted by atomic mass is 10.3. The minimum absolute atomic E-state index is 0.854. The molecule has 0 spiro atoms. The summed E-state index contributed by atoms with van der Waals surface area (Å²) in [6.07, 6.45) is 9.20. The van der Waals surface area contributed by atoms with Crippen molar-refractivity contribution < 1.29 is 0 Å². The summed E-state index contributed by atoms with van der Waals surface area (Å²) in [5, 5.41) is 2.60. The number of hydrogen-bond acceptors (Lipinski definition) is 7. The third kappa shape index (κ3) is 29.3. The van der Waals surface area contributed by atoms with E-state index in [1.165, 1.54) is 108 Å². The first kappa shape index (κ1) is 39.6.